The van der Waals surface area contributed by atoms with E-state index in [0.29, 0.717) is 12.1 Å². The fourth-order valence-corrected chi connectivity index (χ4v) is 5.70. The van der Waals surface area contributed by atoms with E-state index in [1.807, 2.05) is 12.4 Å². The van der Waals surface area contributed by atoms with Crippen LogP contribution in [0.4, 0.5) is 0 Å². The summed E-state index contributed by atoms with van der Waals surface area (Å²) in [5.74, 6) is 2.09. The van der Waals surface area contributed by atoms with Gasteiger partial charge >= 0.3 is 0 Å². The zero-order chi connectivity index (χ0) is 22.6. The van der Waals surface area contributed by atoms with Gasteiger partial charge in [0.1, 0.15) is 11.6 Å². The van der Waals surface area contributed by atoms with E-state index in [1.165, 1.54) is 34.6 Å². The molecule has 172 valence electrons. The van der Waals surface area contributed by atoms with Crippen molar-refractivity contribution in [2.75, 3.05) is 13.1 Å². The Morgan fingerprint density at radius 3 is 1.68 bits per heavy atom. The molecular formula is C27H29N7. The van der Waals surface area contributed by atoms with Crippen LogP contribution in [0.5, 0.6) is 0 Å². The molecule has 0 aliphatic carbocycles. The monoisotopic (exact) mass is 451 g/mol. The molecule has 5 heterocycles. The van der Waals surface area contributed by atoms with E-state index < -0.39 is 0 Å². The Morgan fingerprint density at radius 1 is 0.735 bits per heavy atom. The Balaban J connectivity index is 1.26. The number of nitrogens with one attached hydrogen (secondary N) is 4. The standard InChI is InChI=1S/C27H29N7/c1-34-24-12-16(22-14-30-26(32-22)20-4-2-10-28-20)6-8-18(24)19-9-7-17(13-25(19)34)23-15-31-27(33-23)21-5-3-11-29-21/h6-9,12-15,20-21,28-29H,2-5,10-11H2,1H3,(H,30,32)(H,31,33)/t20-,21-/m0/s1. The normalized spacial score (nSPS) is 20.7. The summed E-state index contributed by atoms with van der Waals surface area (Å²) in [4.78, 5) is 16.4. The van der Waals surface area contributed by atoms with Gasteiger partial charge in [0.15, 0.2) is 0 Å². The van der Waals surface area contributed by atoms with Crippen LogP contribution < -0.4 is 10.6 Å². The predicted octanol–water partition coefficient (Wildman–Crippen LogP) is 4.96. The van der Waals surface area contributed by atoms with Crippen molar-refractivity contribution in [3.8, 4) is 22.5 Å². The van der Waals surface area contributed by atoms with Crippen LogP contribution in [0.3, 0.4) is 0 Å². The first-order valence-corrected chi connectivity index (χ1v) is 12.3. The highest BCUT2D eigenvalue weighted by atomic mass is 15.0. The molecule has 2 aliphatic rings. The lowest BCUT2D eigenvalue weighted by molar-refractivity contribution is 0.613. The van der Waals surface area contributed by atoms with E-state index in [0.717, 1.165) is 60.1 Å². The molecule has 2 atom stereocenters. The van der Waals surface area contributed by atoms with Crippen LogP contribution in [0.1, 0.15) is 49.4 Å². The van der Waals surface area contributed by atoms with Gasteiger partial charge in [0.05, 0.1) is 35.9 Å². The Kier molecular flexibility index (Phi) is 4.60. The molecule has 4 N–H and O–H groups in total. The van der Waals surface area contributed by atoms with Crippen molar-refractivity contribution >= 4 is 21.8 Å². The Morgan fingerprint density at radius 2 is 1.24 bits per heavy atom. The minimum Gasteiger partial charge on any atom is -0.344 e. The molecule has 0 amide bonds. The highest BCUT2D eigenvalue weighted by Crippen LogP contribution is 2.34. The maximum absolute atomic E-state index is 4.66. The Hall–Kier alpha value is -3.42. The molecule has 2 aliphatic heterocycles. The third-order valence-corrected chi connectivity index (χ3v) is 7.60. The maximum atomic E-state index is 4.66. The SMILES string of the molecule is Cn1c2cc(-c3cnc([C@@H]4CCCN4)[nH]3)ccc2c2ccc(-c3cnc([C@@H]4CCCN4)[nH]3)cc21. The lowest BCUT2D eigenvalue weighted by Gasteiger charge is -2.06. The molecule has 7 nitrogen and oxygen atoms in total. The maximum Gasteiger partial charge on any atom is 0.123 e. The van der Waals surface area contributed by atoms with Crippen molar-refractivity contribution in [3.05, 3.63) is 60.4 Å². The van der Waals surface area contributed by atoms with Crippen LogP contribution in [0.15, 0.2) is 48.8 Å². The lowest BCUT2D eigenvalue weighted by Crippen LogP contribution is -2.14. The van der Waals surface area contributed by atoms with Gasteiger partial charge in [-0.15, -0.1) is 0 Å². The molecule has 2 fully saturated rings. The fraction of sp³-hybridized carbons (Fsp3) is 0.333. The van der Waals surface area contributed by atoms with E-state index in [1.54, 1.807) is 0 Å². The number of aryl methyl sites for hydroxylation is 1. The summed E-state index contributed by atoms with van der Waals surface area (Å²) in [6.45, 7) is 2.14. The van der Waals surface area contributed by atoms with Gasteiger partial charge in [-0.3, -0.25) is 0 Å². The van der Waals surface area contributed by atoms with E-state index in [-0.39, 0.29) is 0 Å². The van der Waals surface area contributed by atoms with Crippen molar-refractivity contribution in [1.29, 1.82) is 0 Å². The van der Waals surface area contributed by atoms with Crippen LogP contribution in [0.2, 0.25) is 0 Å². The van der Waals surface area contributed by atoms with Crippen molar-refractivity contribution in [1.82, 2.24) is 35.1 Å². The summed E-state index contributed by atoms with van der Waals surface area (Å²) in [7, 11) is 2.15. The second-order valence-electron chi connectivity index (χ2n) is 9.68. The molecule has 0 bridgehead atoms. The Bertz CT molecular complexity index is 1380. The average molecular weight is 452 g/mol. The van der Waals surface area contributed by atoms with Gasteiger partial charge in [0.2, 0.25) is 0 Å². The number of rotatable bonds is 4. The third-order valence-electron chi connectivity index (χ3n) is 7.60. The number of nitrogens with zero attached hydrogens (tertiary/aromatic N) is 3. The number of aromatic nitrogens is 5. The van der Waals surface area contributed by atoms with Crippen LogP contribution in [-0.2, 0) is 7.05 Å². The van der Waals surface area contributed by atoms with Gasteiger partial charge in [-0.05, 0) is 50.9 Å². The van der Waals surface area contributed by atoms with Crippen molar-refractivity contribution in [3.63, 3.8) is 0 Å². The van der Waals surface area contributed by atoms with Crippen molar-refractivity contribution in [2.24, 2.45) is 7.05 Å². The van der Waals surface area contributed by atoms with Gasteiger partial charge in [-0.25, -0.2) is 9.97 Å². The molecule has 0 saturated carbocycles. The van der Waals surface area contributed by atoms with Crippen LogP contribution >= 0.6 is 0 Å². The summed E-state index contributed by atoms with van der Waals surface area (Å²) < 4.78 is 2.29. The van der Waals surface area contributed by atoms with Gasteiger partial charge in [0.25, 0.3) is 0 Å². The average Bonchev–Trinajstić information content (AvgIpc) is 3.69. The number of H-pyrrole nitrogens is 2. The topological polar surface area (TPSA) is 86.3 Å². The second kappa shape index (κ2) is 7.82. The lowest BCUT2D eigenvalue weighted by atomic mass is 10.1. The first kappa shape index (κ1) is 20.0. The van der Waals surface area contributed by atoms with Crippen LogP contribution in [0.25, 0.3) is 44.3 Å². The zero-order valence-corrected chi connectivity index (χ0v) is 19.4. The highest BCUT2D eigenvalue weighted by molar-refractivity contribution is 6.09. The molecule has 7 rings (SSSR count). The molecule has 7 heteroatoms. The van der Waals surface area contributed by atoms with Gasteiger partial charge in [0, 0.05) is 40.0 Å². The molecule has 2 saturated heterocycles. The molecule has 0 radical (unpaired) electrons. The minimum atomic E-state index is 0.348. The largest absolute Gasteiger partial charge is 0.344 e. The number of fused-ring (bicyclic) bond motifs is 3. The number of aromatic amines is 2. The molecular weight excluding hydrogens is 422 g/mol. The quantitative estimate of drug-likeness (QED) is 0.311. The summed E-state index contributed by atoms with van der Waals surface area (Å²) in [5, 5.41) is 9.58. The number of imidazole rings is 2. The number of hydrogen-bond donors (Lipinski definition) is 4. The van der Waals surface area contributed by atoms with Gasteiger partial charge in [-0.2, -0.15) is 0 Å². The van der Waals surface area contributed by atoms with Crippen LogP contribution in [-0.4, -0.2) is 37.6 Å². The first-order valence-electron chi connectivity index (χ1n) is 12.3. The predicted molar refractivity (Wildman–Crippen MR) is 136 cm³/mol. The number of hydrogen-bond acceptors (Lipinski definition) is 4. The summed E-state index contributed by atoms with van der Waals surface area (Å²) in [6, 6.07) is 14.1. The minimum absolute atomic E-state index is 0.348. The van der Waals surface area contributed by atoms with Crippen molar-refractivity contribution in [2.45, 2.75) is 37.8 Å². The summed E-state index contributed by atoms with van der Waals surface area (Å²) >= 11 is 0. The molecule has 0 unspecified atom stereocenters. The summed E-state index contributed by atoms with van der Waals surface area (Å²) in [6.07, 6.45) is 8.64. The van der Waals surface area contributed by atoms with E-state index in [4.69, 9.17) is 0 Å². The van der Waals surface area contributed by atoms with E-state index >= 15 is 0 Å². The zero-order valence-electron chi connectivity index (χ0n) is 19.4. The molecule has 2 aromatic carbocycles. The molecule has 3 aromatic heterocycles. The second-order valence-corrected chi connectivity index (χ2v) is 9.68. The smallest absolute Gasteiger partial charge is 0.123 e. The van der Waals surface area contributed by atoms with Gasteiger partial charge in [-0.1, -0.05) is 24.3 Å². The van der Waals surface area contributed by atoms with E-state index in [2.05, 4.69) is 78.6 Å². The first-order chi connectivity index (χ1) is 16.7. The molecule has 34 heavy (non-hydrogen) atoms. The van der Waals surface area contributed by atoms with Gasteiger partial charge < -0.3 is 25.2 Å². The molecule has 5 aromatic rings. The van der Waals surface area contributed by atoms with E-state index in [9.17, 15) is 0 Å². The highest BCUT2D eigenvalue weighted by Gasteiger charge is 2.21. The third kappa shape index (κ3) is 3.19. The molecule has 0 spiro atoms. The number of benzene rings is 2. The Labute approximate surface area is 198 Å². The summed E-state index contributed by atoms with van der Waals surface area (Å²) in [5.41, 5.74) is 6.92. The van der Waals surface area contributed by atoms with Crippen LogP contribution in [0, 0.1) is 0 Å². The van der Waals surface area contributed by atoms with Crippen molar-refractivity contribution < 1.29 is 0 Å². The fourth-order valence-electron chi connectivity index (χ4n) is 5.70.